The van der Waals surface area contributed by atoms with Crippen LogP contribution in [-0.2, 0) is 9.53 Å². The van der Waals surface area contributed by atoms with E-state index in [1.807, 2.05) is 17.9 Å². The molecule has 0 bridgehead atoms. The van der Waals surface area contributed by atoms with Crippen molar-refractivity contribution in [2.24, 2.45) is 0 Å². The van der Waals surface area contributed by atoms with E-state index in [0.717, 1.165) is 18.4 Å². The van der Waals surface area contributed by atoms with E-state index in [9.17, 15) is 14.9 Å². The van der Waals surface area contributed by atoms with E-state index in [4.69, 9.17) is 4.74 Å². The standard InChI is InChI=1S/C14H18N2O4/c1-3-20-14(17)13-5-4-6-15(13)11-7-10(2)8-12(9-11)16(18)19/h7-9,13H,3-6H2,1-2H3. The van der Waals surface area contributed by atoms with Crippen LogP contribution in [0.1, 0.15) is 25.3 Å². The smallest absolute Gasteiger partial charge is 0.328 e. The van der Waals surface area contributed by atoms with Gasteiger partial charge in [0.15, 0.2) is 0 Å². The molecule has 0 N–H and O–H groups in total. The Bertz CT molecular complexity index is 530. The highest BCUT2D eigenvalue weighted by atomic mass is 16.6. The predicted molar refractivity (Wildman–Crippen MR) is 74.8 cm³/mol. The summed E-state index contributed by atoms with van der Waals surface area (Å²) in [5.74, 6) is -0.255. The SMILES string of the molecule is CCOC(=O)C1CCCN1c1cc(C)cc([N+](=O)[O-])c1. The van der Waals surface area contributed by atoms with Gasteiger partial charge in [0.2, 0.25) is 0 Å². The Morgan fingerprint density at radius 1 is 1.50 bits per heavy atom. The van der Waals surface area contributed by atoms with Crippen molar-refractivity contribution in [2.75, 3.05) is 18.1 Å². The van der Waals surface area contributed by atoms with Crippen LogP contribution in [0.2, 0.25) is 0 Å². The molecule has 108 valence electrons. The number of rotatable bonds is 4. The van der Waals surface area contributed by atoms with Gasteiger partial charge in [-0.25, -0.2) is 4.79 Å². The number of anilines is 1. The highest BCUT2D eigenvalue weighted by Crippen LogP contribution is 2.30. The number of carbonyl (C=O) groups excluding carboxylic acids is 1. The first kappa shape index (κ1) is 14.3. The van der Waals surface area contributed by atoms with Gasteiger partial charge < -0.3 is 9.64 Å². The summed E-state index contributed by atoms with van der Waals surface area (Å²) < 4.78 is 5.07. The maximum absolute atomic E-state index is 11.9. The van der Waals surface area contributed by atoms with Gasteiger partial charge in [-0.05, 0) is 38.3 Å². The maximum Gasteiger partial charge on any atom is 0.328 e. The normalized spacial score (nSPS) is 18.1. The number of non-ortho nitro benzene ring substituents is 1. The Kier molecular flexibility index (Phi) is 4.22. The molecule has 1 aliphatic rings. The molecule has 0 aromatic heterocycles. The summed E-state index contributed by atoms with van der Waals surface area (Å²) in [6.45, 7) is 4.64. The molecular formula is C14H18N2O4. The van der Waals surface area contributed by atoms with Gasteiger partial charge in [0.25, 0.3) is 5.69 Å². The predicted octanol–water partition coefficient (Wildman–Crippen LogP) is 2.44. The van der Waals surface area contributed by atoms with Crippen molar-refractivity contribution in [3.63, 3.8) is 0 Å². The number of nitro groups is 1. The zero-order valence-electron chi connectivity index (χ0n) is 11.7. The quantitative estimate of drug-likeness (QED) is 0.480. The van der Waals surface area contributed by atoms with Crippen LogP contribution in [0.4, 0.5) is 11.4 Å². The summed E-state index contributed by atoms with van der Waals surface area (Å²) in [5.41, 5.74) is 1.57. The van der Waals surface area contributed by atoms with E-state index in [2.05, 4.69) is 0 Å². The molecule has 1 aliphatic heterocycles. The second kappa shape index (κ2) is 5.90. The molecule has 1 saturated heterocycles. The fraction of sp³-hybridized carbons (Fsp3) is 0.500. The first-order chi connectivity index (χ1) is 9.52. The minimum atomic E-state index is -0.411. The molecule has 1 unspecified atom stereocenters. The molecule has 1 heterocycles. The van der Waals surface area contributed by atoms with Crippen LogP contribution in [0.25, 0.3) is 0 Å². The second-order valence-corrected chi connectivity index (χ2v) is 4.89. The molecular weight excluding hydrogens is 260 g/mol. The van der Waals surface area contributed by atoms with Crippen molar-refractivity contribution in [1.82, 2.24) is 0 Å². The van der Waals surface area contributed by atoms with Crippen LogP contribution in [0.15, 0.2) is 18.2 Å². The summed E-state index contributed by atoms with van der Waals surface area (Å²) in [6.07, 6.45) is 1.60. The Morgan fingerprint density at radius 3 is 2.90 bits per heavy atom. The topological polar surface area (TPSA) is 72.7 Å². The van der Waals surface area contributed by atoms with E-state index in [1.54, 1.807) is 6.92 Å². The average Bonchev–Trinajstić information content (AvgIpc) is 2.87. The fourth-order valence-electron chi connectivity index (χ4n) is 2.57. The van der Waals surface area contributed by atoms with Crippen molar-refractivity contribution in [3.8, 4) is 0 Å². The number of nitrogens with zero attached hydrogens (tertiary/aromatic N) is 2. The molecule has 0 spiro atoms. The van der Waals surface area contributed by atoms with Crippen molar-refractivity contribution in [3.05, 3.63) is 33.9 Å². The van der Waals surface area contributed by atoms with Gasteiger partial charge in [-0.3, -0.25) is 10.1 Å². The van der Waals surface area contributed by atoms with Crippen LogP contribution in [0, 0.1) is 17.0 Å². The van der Waals surface area contributed by atoms with Crippen molar-refractivity contribution >= 4 is 17.3 Å². The number of ether oxygens (including phenoxy) is 1. The number of hydrogen-bond donors (Lipinski definition) is 0. The lowest BCUT2D eigenvalue weighted by molar-refractivity contribution is -0.384. The van der Waals surface area contributed by atoms with E-state index in [-0.39, 0.29) is 17.7 Å². The van der Waals surface area contributed by atoms with Gasteiger partial charge in [0.1, 0.15) is 6.04 Å². The Hall–Kier alpha value is -2.11. The molecule has 1 aromatic carbocycles. The Morgan fingerprint density at radius 2 is 2.25 bits per heavy atom. The minimum absolute atomic E-state index is 0.0505. The third-order valence-electron chi connectivity index (χ3n) is 3.40. The van der Waals surface area contributed by atoms with Gasteiger partial charge in [0, 0.05) is 24.4 Å². The van der Waals surface area contributed by atoms with E-state index < -0.39 is 4.92 Å². The average molecular weight is 278 g/mol. The molecule has 1 fully saturated rings. The molecule has 6 heteroatoms. The number of nitro benzene ring substituents is 1. The zero-order chi connectivity index (χ0) is 14.7. The summed E-state index contributed by atoms with van der Waals surface area (Å²) in [4.78, 5) is 24.4. The van der Waals surface area contributed by atoms with Crippen LogP contribution >= 0.6 is 0 Å². The largest absolute Gasteiger partial charge is 0.464 e. The lowest BCUT2D eigenvalue weighted by atomic mass is 10.1. The van der Waals surface area contributed by atoms with Gasteiger partial charge in [0.05, 0.1) is 11.5 Å². The van der Waals surface area contributed by atoms with Gasteiger partial charge >= 0.3 is 5.97 Å². The van der Waals surface area contributed by atoms with Crippen LogP contribution in [0.5, 0.6) is 0 Å². The number of carbonyl (C=O) groups is 1. The monoisotopic (exact) mass is 278 g/mol. The van der Waals surface area contributed by atoms with Gasteiger partial charge in [-0.15, -0.1) is 0 Å². The fourth-order valence-corrected chi connectivity index (χ4v) is 2.57. The highest BCUT2D eigenvalue weighted by molar-refractivity contribution is 5.81. The Balaban J connectivity index is 2.30. The number of benzene rings is 1. The number of esters is 1. The number of hydrogen-bond acceptors (Lipinski definition) is 5. The van der Waals surface area contributed by atoms with Crippen LogP contribution in [-0.4, -0.2) is 30.1 Å². The Labute approximate surface area is 117 Å². The molecule has 1 atom stereocenters. The third kappa shape index (κ3) is 2.89. The van der Waals surface area contributed by atoms with Crippen molar-refractivity contribution < 1.29 is 14.5 Å². The molecule has 0 radical (unpaired) electrons. The summed E-state index contributed by atoms with van der Waals surface area (Å²) in [6, 6.07) is 4.57. The molecule has 0 amide bonds. The second-order valence-electron chi connectivity index (χ2n) is 4.89. The first-order valence-corrected chi connectivity index (χ1v) is 6.72. The maximum atomic E-state index is 11.9. The van der Waals surface area contributed by atoms with Crippen molar-refractivity contribution in [1.29, 1.82) is 0 Å². The van der Waals surface area contributed by atoms with E-state index in [1.165, 1.54) is 12.1 Å². The van der Waals surface area contributed by atoms with Crippen LogP contribution < -0.4 is 4.90 Å². The summed E-state index contributed by atoms with van der Waals surface area (Å²) in [7, 11) is 0. The highest BCUT2D eigenvalue weighted by Gasteiger charge is 2.32. The summed E-state index contributed by atoms with van der Waals surface area (Å²) in [5, 5.41) is 10.9. The minimum Gasteiger partial charge on any atom is -0.464 e. The molecule has 6 nitrogen and oxygen atoms in total. The first-order valence-electron chi connectivity index (χ1n) is 6.72. The van der Waals surface area contributed by atoms with Crippen molar-refractivity contribution in [2.45, 2.75) is 32.7 Å². The number of aryl methyl sites for hydroxylation is 1. The molecule has 20 heavy (non-hydrogen) atoms. The molecule has 1 aromatic rings. The molecule has 0 saturated carbocycles. The van der Waals surface area contributed by atoms with Gasteiger partial charge in [-0.2, -0.15) is 0 Å². The lowest BCUT2D eigenvalue weighted by Crippen LogP contribution is -2.37. The van der Waals surface area contributed by atoms with Gasteiger partial charge in [-0.1, -0.05) is 0 Å². The summed E-state index contributed by atoms with van der Waals surface area (Å²) >= 11 is 0. The molecule has 0 aliphatic carbocycles. The molecule has 2 rings (SSSR count). The van der Waals surface area contributed by atoms with Crippen LogP contribution in [0.3, 0.4) is 0 Å². The van der Waals surface area contributed by atoms with E-state index >= 15 is 0 Å². The van der Waals surface area contributed by atoms with E-state index in [0.29, 0.717) is 18.8 Å². The lowest BCUT2D eigenvalue weighted by Gasteiger charge is -2.25. The third-order valence-corrected chi connectivity index (χ3v) is 3.40. The zero-order valence-corrected chi connectivity index (χ0v) is 11.7.